The Kier molecular flexibility index (Phi) is 2.69. The van der Waals surface area contributed by atoms with Crippen LogP contribution in [0.2, 0.25) is 0 Å². The van der Waals surface area contributed by atoms with E-state index < -0.39 is 0 Å². The van der Waals surface area contributed by atoms with Crippen LogP contribution in [-0.2, 0) is 4.79 Å². The van der Waals surface area contributed by atoms with Crippen molar-refractivity contribution >= 4 is 5.78 Å². The van der Waals surface area contributed by atoms with Gasteiger partial charge in [-0.3, -0.25) is 4.79 Å². The maximum atomic E-state index is 10.9. The molecule has 0 fully saturated rings. The number of nitrogens with one attached hydrogen (secondary N) is 1. The summed E-state index contributed by atoms with van der Waals surface area (Å²) in [6.45, 7) is 4.34. The van der Waals surface area contributed by atoms with Crippen molar-refractivity contribution in [2.24, 2.45) is 5.92 Å². The smallest absolute Gasteiger partial charge is 0.159 e. The van der Waals surface area contributed by atoms with Crippen molar-refractivity contribution in [1.82, 2.24) is 5.32 Å². The topological polar surface area (TPSA) is 29.1 Å². The molecule has 0 radical (unpaired) electrons. The Bertz CT molecular complexity index is 172. The van der Waals surface area contributed by atoms with Gasteiger partial charge in [-0.2, -0.15) is 0 Å². The first-order chi connectivity index (χ1) is 5.18. The highest BCUT2D eigenvalue weighted by molar-refractivity contribution is 5.90. The molecule has 1 aliphatic heterocycles. The van der Waals surface area contributed by atoms with Crippen LogP contribution in [0.4, 0.5) is 0 Å². The van der Waals surface area contributed by atoms with Gasteiger partial charge in [0, 0.05) is 18.7 Å². The highest BCUT2D eigenvalue weighted by Gasteiger charge is 2.15. The summed E-state index contributed by atoms with van der Waals surface area (Å²) in [5.41, 5.74) is 0. The van der Waals surface area contributed by atoms with Gasteiger partial charge in [0.2, 0.25) is 0 Å². The molecule has 0 aromatic carbocycles. The van der Waals surface area contributed by atoms with Gasteiger partial charge in [-0.25, -0.2) is 0 Å². The summed E-state index contributed by atoms with van der Waals surface area (Å²) in [5.74, 6) is 0.904. The van der Waals surface area contributed by atoms with Gasteiger partial charge in [-0.15, -0.1) is 0 Å². The molecule has 1 heterocycles. The number of hydrogen-bond donors (Lipinski definition) is 1. The van der Waals surface area contributed by atoms with Gasteiger partial charge >= 0.3 is 0 Å². The molecule has 62 valence electrons. The van der Waals surface area contributed by atoms with Crippen LogP contribution < -0.4 is 5.32 Å². The lowest BCUT2D eigenvalue weighted by Crippen LogP contribution is -2.31. The lowest BCUT2D eigenvalue weighted by molar-refractivity contribution is -0.115. The molecule has 0 amide bonds. The number of ketones is 1. The predicted molar refractivity (Wildman–Crippen MR) is 45.1 cm³/mol. The van der Waals surface area contributed by atoms with Crippen molar-refractivity contribution in [2.45, 2.75) is 32.7 Å². The minimum atomic E-state index is 0.245. The van der Waals surface area contributed by atoms with Crippen molar-refractivity contribution in [3.05, 3.63) is 12.3 Å². The van der Waals surface area contributed by atoms with Gasteiger partial charge in [0.15, 0.2) is 5.78 Å². The molecule has 0 aromatic rings. The van der Waals surface area contributed by atoms with E-state index >= 15 is 0 Å². The maximum Gasteiger partial charge on any atom is 0.159 e. The minimum Gasteiger partial charge on any atom is -0.388 e. The van der Waals surface area contributed by atoms with Crippen molar-refractivity contribution in [1.29, 1.82) is 0 Å². The van der Waals surface area contributed by atoms with E-state index in [1.807, 2.05) is 0 Å². The molecule has 1 rings (SSSR count). The Morgan fingerprint density at radius 2 is 2.45 bits per heavy atom. The summed E-state index contributed by atoms with van der Waals surface area (Å²) in [4.78, 5) is 10.9. The van der Waals surface area contributed by atoms with Gasteiger partial charge < -0.3 is 5.32 Å². The van der Waals surface area contributed by atoms with E-state index in [-0.39, 0.29) is 5.78 Å². The third-order valence-electron chi connectivity index (χ3n) is 1.80. The lowest BCUT2D eigenvalue weighted by Gasteiger charge is -2.20. The molecule has 2 nitrogen and oxygen atoms in total. The van der Waals surface area contributed by atoms with Crippen molar-refractivity contribution in [3.63, 3.8) is 0 Å². The molecule has 0 saturated carbocycles. The number of carbonyl (C=O) groups is 1. The quantitative estimate of drug-likeness (QED) is 0.651. The third-order valence-corrected chi connectivity index (χ3v) is 1.80. The van der Waals surface area contributed by atoms with E-state index in [0.29, 0.717) is 18.4 Å². The average molecular weight is 153 g/mol. The fraction of sp³-hybridized carbons (Fsp3) is 0.667. The standard InChI is InChI=1S/C9H15NO/c1-7(2)5-8-6-9(11)3-4-10-8/h3-4,7-8,10H,5-6H2,1-2H3. The third kappa shape index (κ3) is 2.74. The van der Waals surface area contributed by atoms with E-state index in [0.717, 1.165) is 6.42 Å². The number of hydrogen-bond acceptors (Lipinski definition) is 2. The maximum absolute atomic E-state index is 10.9. The summed E-state index contributed by atoms with van der Waals surface area (Å²) in [7, 11) is 0. The lowest BCUT2D eigenvalue weighted by atomic mass is 9.98. The van der Waals surface area contributed by atoms with Crippen molar-refractivity contribution < 1.29 is 4.79 Å². The Labute approximate surface area is 67.7 Å². The van der Waals surface area contributed by atoms with Gasteiger partial charge in [-0.05, 0) is 18.4 Å². The normalized spacial score (nSPS) is 23.9. The number of carbonyl (C=O) groups excluding carboxylic acids is 1. The Morgan fingerprint density at radius 3 is 3.00 bits per heavy atom. The fourth-order valence-electron chi connectivity index (χ4n) is 1.37. The van der Waals surface area contributed by atoms with Crippen LogP contribution in [-0.4, -0.2) is 11.8 Å². The predicted octanol–water partition coefficient (Wildman–Crippen LogP) is 1.48. The molecular weight excluding hydrogens is 138 g/mol. The van der Waals surface area contributed by atoms with Gasteiger partial charge in [0.25, 0.3) is 0 Å². The zero-order valence-electron chi connectivity index (χ0n) is 7.13. The van der Waals surface area contributed by atoms with Crippen molar-refractivity contribution in [3.8, 4) is 0 Å². The zero-order valence-corrected chi connectivity index (χ0v) is 7.13. The van der Waals surface area contributed by atoms with Gasteiger partial charge in [0.1, 0.15) is 0 Å². The Balaban J connectivity index is 2.37. The molecule has 11 heavy (non-hydrogen) atoms. The van der Waals surface area contributed by atoms with Crippen LogP contribution in [0.3, 0.4) is 0 Å². The van der Waals surface area contributed by atoms with E-state index in [2.05, 4.69) is 19.2 Å². The van der Waals surface area contributed by atoms with Crippen molar-refractivity contribution in [2.75, 3.05) is 0 Å². The first-order valence-corrected chi connectivity index (χ1v) is 4.14. The van der Waals surface area contributed by atoms with Crippen LogP contribution in [0, 0.1) is 5.92 Å². The minimum absolute atomic E-state index is 0.245. The van der Waals surface area contributed by atoms with Gasteiger partial charge in [0.05, 0.1) is 0 Å². The molecule has 2 heteroatoms. The zero-order chi connectivity index (χ0) is 8.27. The Hall–Kier alpha value is -0.790. The summed E-state index contributed by atoms with van der Waals surface area (Å²) < 4.78 is 0. The summed E-state index contributed by atoms with van der Waals surface area (Å²) >= 11 is 0. The molecule has 0 aliphatic carbocycles. The molecular formula is C9H15NO. The fourth-order valence-corrected chi connectivity index (χ4v) is 1.37. The van der Waals surface area contributed by atoms with Crippen LogP contribution in [0.25, 0.3) is 0 Å². The monoisotopic (exact) mass is 153 g/mol. The number of allylic oxidation sites excluding steroid dienone is 1. The second kappa shape index (κ2) is 3.56. The van der Waals surface area contributed by atoms with Crippen LogP contribution in [0.1, 0.15) is 26.7 Å². The first-order valence-electron chi connectivity index (χ1n) is 4.14. The first kappa shape index (κ1) is 8.31. The summed E-state index contributed by atoms with van der Waals surface area (Å²) in [6.07, 6.45) is 5.11. The molecule has 0 spiro atoms. The highest BCUT2D eigenvalue weighted by Crippen LogP contribution is 2.10. The van der Waals surface area contributed by atoms with Crippen LogP contribution >= 0.6 is 0 Å². The van der Waals surface area contributed by atoms with E-state index in [4.69, 9.17) is 0 Å². The van der Waals surface area contributed by atoms with Gasteiger partial charge in [-0.1, -0.05) is 13.8 Å². The largest absolute Gasteiger partial charge is 0.388 e. The van der Waals surface area contributed by atoms with E-state index in [1.165, 1.54) is 0 Å². The number of rotatable bonds is 2. The second-order valence-electron chi connectivity index (χ2n) is 3.50. The molecule has 1 N–H and O–H groups in total. The second-order valence-corrected chi connectivity index (χ2v) is 3.50. The summed E-state index contributed by atoms with van der Waals surface area (Å²) in [5, 5.41) is 3.18. The van der Waals surface area contributed by atoms with E-state index in [9.17, 15) is 4.79 Å². The molecule has 0 saturated heterocycles. The van der Waals surface area contributed by atoms with Crippen LogP contribution in [0.15, 0.2) is 12.3 Å². The molecule has 1 unspecified atom stereocenters. The Morgan fingerprint density at radius 1 is 1.73 bits per heavy atom. The molecule has 1 aliphatic rings. The SMILES string of the molecule is CC(C)CC1CC(=O)C=CN1. The highest BCUT2D eigenvalue weighted by atomic mass is 16.1. The molecule has 0 aromatic heterocycles. The van der Waals surface area contributed by atoms with E-state index in [1.54, 1.807) is 12.3 Å². The van der Waals surface area contributed by atoms with Crippen LogP contribution in [0.5, 0.6) is 0 Å². The molecule has 0 bridgehead atoms. The average Bonchev–Trinajstić information content (AvgIpc) is 1.85. The summed E-state index contributed by atoms with van der Waals surface area (Å²) in [6, 6.07) is 0.368. The molecule has 1 atom stereocenters.